The fourth-order valence-corrected chi connectivity index (χ4v) is 11.9. The molecule has 0 saturated carbocycles. The number of esters is 1. The van der Waals surface area contributed by atoms with Crippen LogP contribution in [0.15, 0.2) is 60.7 Å². The number of carbonyl (C=O) groups is 2. The van der Waals surface area contributed by atoms with Gasteiger partial charge in [0.1, 0.15) is 18.8 Å². The van der Waals surface area contributed by atoms with E-state index in [9.17, 15) is 9.59 Å². The minimum atomic E-state index is -2.70. The van der Waals surface area contributed by atoms with Crippen molar-refractivity contribution in [2.24, 2.45) is 0 Å². The van der Waals surface area contributed by atoms with E-state index in [1.165, 1.54) is 7.11 Å². The van der Waals surface area contributed by atoms with E-state index in [-0.39, 0.29) is 33.3 Å². The Bertz CT molecular complexity index is 1840. The van der Waals surface area contributed by atoms with Crippen LogP contribution in [-0.2, 0) is 32.0 Å². The zero-order valence-corrected chi connectivity index (χ0v) is 46.8. The van der Waals surface area contributed by atoms with Gasteiger partial charge in [-0.15, -0.1) is 0 Å². The molecule has 1 aliphatic carbocycles. The van der Waals surface area contributed by atoms with Gasteiger partial charge in [0.05, 0.1) is 31.9 Å². The van der Waals surface area contributed by atoms with E-state index in [1.807, 2.05) is 29.2 Å². The summed E-state index contributed by atoms with van der Waals surface area (Å²) in [5.41, 5.74) is 4.51. The van der Waals surface area contributed by atoms with E-state index >= 15 is 0 Å². The molecule has 0 aliphatic heterocycles. The van der Waals surface area contributed by atoms with Crippen LogP contribution in [-0.4, -0.2) is 94.9 Å². The van der Waals surface area contributed by atoms with Crippen LogP contribution in [0.2, 0.25) is 72.5 Å². The molecule has 2 aromatic rings. The Morgan fingerprint density at radius 3 is 1.29 bits per heavy atom. The highest BCUT2D eigenvalue weighted by molar-refractivity contribution is 6.75. The van der Waals surface area contributed by atoms with Gasteiger partial charge in [0.2, 0.25) is 0 Å². The Morgan fingerprint density at radius 2 is 0.935 bits per heavy atom. The second kappa shape index (κ2) is 19.2. The number of hydrogen-bond donors (Lipinski definition) is 0. The van der Waals surface area contributed by atoms with Gasteiger partial charge < -0.3 is 27.2 Å². The third kappa shape index (κ3) is 12.3. The van der Waals surface area contributed by atoms with Crippen LogP contribution in [0.5, 0.6) is 0 Å². The van der Waals surface area contributed by atoms with Gasteiger partial charge in [-0.2, -0.15) is 0 Å². The number of ether oxygens (including phenoxy) is 2. The topological polar surface area (TPSA) is 92.8 Å². The summed E-state index contributed by atoms with van der Waals surface area (Å²) in [7, 11) is -9.21. The Morgan fingerprint density at radius 1 is 0.597 bits per heavy atom. The van der Waals surface area contributed by atoms with E-state index in [1.54, 1.807) is 6.92 Å². The number of methoxy groups -OCH3 is 1. The molecule has 0 saturated heterocycles. The predicted octanol–water partition coefficient (Wildman–Crippen LogP) is 13.5. The highest BCUT2D eigenvalue weighted by Crippen LogP contribution is 2.49. The number of rotatable bonds is 17. The maximum Gasteiger partial charge on any atom is 0.410 e. The van der Waals surface area contributed by atoms with Crippen molar-refractivity contribution in [1.82, 2.24) is 4.90 Å². The first-order chi connectivity index (χ1) is 27.9. The second-order valence-electron chi connectivity index (χ2n) is 23.6. The van der Waals surface area contributed by atoms with Crippen LogP contribution in [0.4, 0.5) is 4.79 Å². The van der Waals surface area contributed by atoms with Gasteiger partial charge in [-0.05, 0) is 102 Å². The Kier molecular flexibility index (Phi) is 16.7. The number of hydrogen-bond acceptors (Lipinski definition) is 8. The van der Waals surface area contributed by atoms with Crippen LogP contribution < -0.4 is 0 Å². The first-order valence-electron chi connectivity index (χ1n) is 22.5. The Labute approximate surface area is 381 Å². The van der Waals surface area contributed by atoms with E-state index in [4.69, 9.17) is 27.2 Å². The summed E-state index contributed by atoms with van der Waals surface area (Å²) in [4.78, 5) is 29.8. The van der Waals surface area contributed by atoms with Crippen molar-refractivity contribution in [1.29, 1.82) is 0 Å². The molecule has 0 spiro atoms. The molecule has 1 amide bonds. The predicted molar refractivity (Wildman–Crippen MR) is 267 cm³/mol. The van der Waals surface area contributed by atoms with Crippen LogP contribution in [0, 0.1) is 0 Å². The maximum absolute atomic E-state index is 14.6. The minimum Gasteiger partial charge on any atom is -0.460 e. The Hall–Kier alpha value is -2.37. The van der Waals surface area contributed by atoms with Gasteiger partial charge in [-0.25, -0.2) is 9.59 Å². The van der Waals surface area contributed by atoms with Crippen molar-refractivity contribution >= 4 is 45.3 Å². The molecule has 0 radical (unpaired) electrons. The largest absolute Gasteiger partial charge is 0.460 e. The molecule has 350 valence electrons. The summed E-state index contributed by atoms with van der Waals surface area (Å²) in [5.74, 6) is -0.494. The molecule has 0 aromatic heterocycles. The zero-order chi connectivity index (χ0) is 47.8. The number of carbonyl (C=O) groups excluding carboxylic acids is 2. The van der Waals surface area contributed by atoms with Crippen molar-refractivity contribution in [2.75, 3.05) is 20.3 Å². The summed E-state index contributed by atoms with van der Waals surface area (Å²) in [6.45, 7) is 50.2. The van der Waals surface area contributed by atoms with Crippen molar-refractivity contribution in [3.05, 3.63) is 71.8 Å². The summed E-state index contributed by atoms with van der Waals surface area (Å²) < 4.78 is 42.6. The van der Waals surface area contributed by atoms with Gasteiger partial charge in [0, 0.05) is 5.57 Å². The summed E-state index contributed by atoms with van der Waals surface area (Å²) in [6, 6.07) is 16.1. The zero-order valence-electron chi connectivity index (χ0n) is 42.8. The SMILES string of the molecule is C=C(C)C(=O)OCC(O[Si](C)(C)C(C)(C)C)C(O[Si](C)(C)C(C)(C)C)C(O[Si](C)(C)C(C)(C)C)C(CN(C(=O)OC)C1c2ccccc2-c2ccccc21)O[Si](C)(C)C(C)(C)C. The molecule has 0 bridgehead atoms. The third-order valence-corrected chi connectivity index (χ3v) is 32.6. The van der Waals surface area contributed by atoms with Crippen LogP contribution in [0.3, 0.4) is 0 Å². The van der Waals surface area contributed by atoms with Gasteiger partial charge in [0.15, 0.2) is 33.3 Å². The molecule has 0 N–H and O–H groups in total. The average Bonchev–Trinajstić information content (AvgIpc) is 3.44. The standard InChI is InChI=1S/C49H85NO8Si4/c1-34(2)44(51)54-33-40(56-60(18,19)47(6,7)8)43(58-62(22,23)49(12,13)14)42(57-61(20,21)48(9,10)11)39(55-59(16,17)46(3,4)5)32-50(45(52)53-15)41-37-30-26-24-28-35(37)36-29-25-27-31-38(36)41/h24-31,39-43H,1,32-33H2,2-23H3. The summed E-state index contributed by atoms with van der Waals surface area (Å²) in [5, 5.41) is -0.835. The summed E-state index contributed by atoms with van der Waals surface area (Å²) >= 11 is 0. The minimum absolute atomic E-state index is 0.0776. The molecule has 62 heavy (non-hydrogen) atoms. The van der Waals surface area contributed by atoms with Crippen LogP contribution >= 0.6 is 0 Å². The quantitative estimate of drug-likeness (QED) is 0.0880. The van der Waals surface area contributed by atoms with Crippen molar-refractivity contribution in [3.63, 3.8) is 0 Å². The monoisotopic (exact) mass is 928 g/mol. The summed E-state index contributed by atoms with van der Waals surface area (Å²) in [6.07, 6.45) is -3.53. The van der Waals surface area contributed by atoms with Crippen molar-refractivity contribution in [3.8, 4) is 11.1 Å². The number of nitrogens with zero attached hydrogens (tertiary/aromatic N) is 1. The third-order valence-electron chi connectivity index (χ3n) is 14.7. The molecule has 13 heteroatoms. The van der Waals surface area contributed by atoms with Gasteiger partial charge in [-0.1, -0.05) is 138 Å². The van der Waals surface area contributed by atoms with E-state index in [0.29, 0.717) is 5.57 Å². The first kappa shape index (κ1) is 54.0. The van der Waals surface area contributed by atoms with Gasteiger partial charge in [0.25, 0.3) is 0 Å². The lowest BCUT2D eigenvalue weighted by atomic mass is 10.00. The van der Waals surface area contributed by atoms with Crippen LogP contribution in [0.1, 0.15) is 107 Å². The molecular formula is C49H85NO8Si4. The van der Waals surface area contributed by atoms with Crippen molar-refractivity contribution in [2.45, 2.75) is 193 Å². The van der Waals surface area contributed by atoms with E-state index in [0.717, 1.165) is 22.3 Å². The van der Waals surface area contributed by atoms with Gasteiger partial charge in [-0.3, -0.25) is 4.90 Å². The second-order valence-corrected chi connectivity index (χ2v) is 42.6. The first-order valence-corrected chi connectivity index (χ1v) is 34.1. The molecule has 0 fully saturated rings. The number of amides is 1. The lowest BCUT2D eigenvalue weighted by molar-refractivity contribution is -0.147. The molecule has 4 unspecified atom stereocenters. The highest BCUT2D eigenvalue weighted by Gasteiger charge is 2.54. The average molecular weight is 929 g/mol. The highest BCUT2D eigenvalue weighted by atomic mass is 28.4. The fourth-order valence-electron chi connectivity index (χ4n) is 6.60. The number of benzene rings is 2. The molecule has 3 rings (SSSR count). The number of fused-ring (bicyclic) bond motifs is 3. The lowest BCUT2D eigenvalue weighted by Crippen LogP contribution is -2.64. The Balaban J connectivity index is 2.55. The molecule has 4 atom stereocenters. The molecular weight excluding hydrogens is 843 g/mol. The molecule has 0 heterocycles. The molecule has 1 aliphatic rings. The van der Waals surface area contributed by atoms with Crippen molar-refractivity contribution < 1.29 is 36.8 Å². The molecule has 2 aromatic carbocycles. The van der Waals surface area contributed by atoms with Crippen LogP contribution in [0.25, 0.3) is 11.1 Å². The van der Waals surface area contributed by atoms with E-state index < -0.39 is 75.8 Å². The molecule has 9 nitrogen and oxygen atoms in total. The fraction of sp³-hybridized carbons (Fsp3) is 0.673. The lowest BCUT2D eigenvalue weighted by Gasteiger charge is -2.52. The normalized spacial score (nSPS) is 16.5. The van der Waals surface area contributed by atoms with E-state index in [2.05, 4.69) is 166 Å². The smallest absolute Gasteiger partial charge is 0.410 e. The van der Waals surface area contributed by atoms with Gasteiger partial charge >= 0.3 is 12.1 Å². The maximum atomic E-state index is 14.6.